The molecular weight excluding hydrogens is 370 g/mol. The van der Waals surface area contributed by atoms with Gasteiger partial charge in [0.25, 0.3) is 11.6 Å². The lowest BCUT2D eigenvalue weighted by molar-refractivity contribution is -0.385. The number of aromatic nitrogens is 2. The highest BCUT2D eigenvalue weighted by Crippen LogP contribution is 2.29. The van der Waals surface area contributed by atoms with Gasteiger partial charge in [-0.2, -0.15) is 5.10 Å². The molecule has 8 nitrogen and oxygen atoms in total. The van der Waals surface area contributed by atoms with Crippen molar-refractivity contribution >= 4 is 17.3 Å². The Bertz CT molecular complexity index is 923. The predicted molar refractivity (Wildman–Crippen MR) is 112 cm³/mol. The van der Waals surface area contributed by atoms with Crippen LogP contribution >= 0.6 is 0 Å². The number of likely N-dealkylation sites (tertiary alicyclic amines) is 1. The number of nitrogens with one attached hydrogen (secondary N) is 1. The molecule has 1 atom stereocenters. The van der Waals surface area contributed by atoms with Crippen LogP contribution in [0.1, 0.15) is 68.2 Å². The van der Waals surface area contributed by atoms with Gasteiger partial charge in [0, 0.05) is 36.6 Å². The molecule has 1 aliphatic rings. The zero-order chi connectivity index (χ0) is 21.3. The number of aryl methyl sites for hydroxylation is 1. The molecule has 156 valence electrons. The minimum atomic E-state index is -0.492. The highest BCUT2D eigenvalue weighted by Gasteiger charge is 2.27. The number of amides is 1. The quantitative estimate of drug-likeness (QED) is 0.599. The van der Waals surface area contributed by atoms with E-state index in [-0.39, 0.29) is 28.7 Å². The Balaban J connectivity index is 1.87. The third-order valence-corrected chi connectivity index (χ3v) is 5.29. The van der Waals surface area contributed by atoms with Crippen LogP contribution in [-0.4, -0.2) is 38.6 Å². The molecule has 1 fully saturated rings. The van der Waals surface area contributed by atoms with E-state index in [9.17, 15) is 14.9 Å². The number of rotatable bonds is 5. The Morgan fingerprint density at radius 3 is 2.48 bits per heavy atom. The van der Waals surface area contributed by atoms with Gasteiger partial charge >= 0.3 is 0 Å². The third-order valence-electron chi connectivity index (χ3n) is 5.29. The van der Waals surface area contributed by atoms with Crippen LogP contribution in [0, 0.1) is 17.0 Å². The van der Waals surface area contributed by atoms with Crippen molar-refractivity contribution in [1.29, 1.82) is 0 Å². The molecule has 0 spiro atoms. The maximum absolute atomic E-state index is 12.8. The fourth-order valence-electron chi connectivity index (χ4n) is 3.62. The lowest BCUT2D eigenvalue weighted by Crippen LogP contribution is -2.28. The maximum atomic E-state index is 12.8. The molecule has 1 N–H and O–H groups in total. The van der Waals surface area contributed by atoms with Gasteiger partial charge in [0.15, 0.2) is 0 Å². The lowest BCUT2D eigenvalue weighted by Gasteiger charge is -2.19. The largest absolute Gasteiger partial charge is 0.378 e. The minimum absolute atomic E-state index is 0.0673. The highest BCUT2D eigenvalue weighted by atomic mass is 16.6. The molecule has 29 heavy (non-hydrogen) atoms. The van der Waals surface area contributed by atoms with E-state index >= 15 is 0 Å². The first-order valence-electron chi connectivity index (χ1n) is 9.99. The molecule has 1 saturated heterocycles. The zero-order valence-corrected chi connectivity index (χ0v) is 17.7. The van der Waals surface area contributed by atoms with Gasteiger partial charge in [-0.1, -0.05) is 0 Å². The maximum Gasteiger partial charge on any atom is 0.282 e. The minimum Gasteiger partial charge on any atom is -0.378 e. The summed E-state index contributed by atoms with van der Waals surface area (Å²) in [5, 5.41) is 19.4. The number of hydrogen-bond donors (Lipinski definition) is 1. The van der Waals surface area contributed by atoms with E-state index < -0.39 is 4.92 Å². The van der Waals surface area contributed by atoms with Crippen molar-refractivity contribution in [2.45, 2.75) is 59.0 Å². The molecule has 1 amide bonds. The van der Waals surface area contributed by atoms with Crippen molar-refractivity contribution in [3.05, 3.63) is 51.3 Å². The number of benzene rings is 1. The van der Waals surface area contributed by atoms with Crippen molar-refractivity contribution in [2.75, 3.05) is 18.4 Å². The van der Waals surface area contributed by atoms with Crippen molar-refractivity contribution in [3.8, 4) is 0 Å². The van der Waals surface area contributed by atoms with Crippen LogP contribution in [0.2, 0.25) is 0 Å². The van der Waals surface area contributed by atoms with Crippen LogP contribution in [0.3, 0.4) is 0 Å². The van der Waals surface area contributed by atoms with Crippen LogP contribution < -0.4 is 5.32 Å². The lowest BCUT2D eigenvalue weighted by atomic mass is 10.1. The molecule has 0 bridgehead atoms. The molecule has 1 unspecified atom stereocenters. The van der Waals surface area contributed by atoms with Crippen molar-refractivity contribution in [1.82, 2.24) is 14.7 Å². The number of nitrogens with zero attached hydrogens (tertiary/aromatic N) is 4. The monoisotopic (exact) mass is 399 g/mol. The topological polar surface area (TPSA) is 93.3 Å². The van der Waals surface area contributed by atoms with Crippen molar-refractivity contribution in [3.63, 3.8) is 0 Å². The number of nitro groups is 1. The second kappa shape index (κ2) is 7.85. The number of anilines is 1. The Labute approximate surface area is 171 Å². The van der Waals surface area contributed by atoms with E-state index in [1.165, 1.54) is 6.07 Å². The van der Waals surface area contributed by atoms with Crippen LogP contribution in [0.4, 0.5) is 11.4 Å². The van der Waals surface area contributed by atoms with E-state index in [0.717, 1.165) is 24.1 Å². The Kier molecular flexibility index (Phi) is 5.64. The van der Waals surface area contributed by atoms with Gasteiger partial charge in [-0.25, -0.2) is 0 Å². The molecule has 0 aliphatic carbocycles. The molecule has 2 aromatic rings. The van der Waals surface area contributed by atoms with Gasteiger partial charge in [0.1, 0.15) is 5.56 Å². The Morgan fingerprint density at radius 2 is 1.93 bits per heavy atom. The average molecular weight is 399 g/mol. The van der Waals surface area contributed by atoms with Gasteiger partial charge in [0.05, 0.1) is 22.2 Å². The summed E-state index contributed by atoms with van der Waals surface area (Å²) in [6.45, 7) is 11.6. The average Bonchev–Trinajstić information content (AvgIpc) is 3.30. The molecule has 0 saturated carbocycles. The van der Waals surface area contributed by atoms with Gasteiger partial charge in [0.2, 0.25) is 0 Å². The predicted octanol–water partition coefficient (Wildman–Crippen LogP) is 4.26. The fourth-order valence-corrected chi connectivity index (χ4v) is 3.62. The normalized spacial score (nSPS) is 15.4. The second-order valence-corrected chi connectivity index (χ2v) is 8.64. The van der Waals surface area contributed by atoms with Crippen molar-refractivity contribution < 1.29 is 9.72 Å². The molecule has 0 radical (unpaired) electrons. The van der Waals surface area contributed by atoms with Gasteiger partial charge in [-0.3, -0.25) is 19.6 Å². The molecule has 1 aromatic heterocycles. The van der Waals surface area contributed by atoms with Crippen molar-refractivity contribution in [2.24, 2.45) is 0 Å². The summed E-state index contributed by atoms with van der Waals surface area (Å²) in [6.07, 6.45) is 3.89. The molecule has 3 rings (SSSR count). The first kappa shape index (κ1) is 20.8. The van der Waals surface area contributed by atoms with Gasteiger partial charge < -0.3 is 10.2 Å². The molecular formula is C21H29N5O3. The number of carbonyl (C=O) groups is 1. The Hall–Kier alpha value is -2.90. The summed E-state index contributed by atoms with van der Waals surface area (Å²) in [5.41, 5.74) is 2.51. The highest BCUT2D eigenvalue weighted by molar-refractivity contribution is 5.99. The summed E-state index contributed by atoms with van der Waals surface area (Å²) in [5.74, 6) is -0.276. The molecule has 8 heteroatoms. The fraction of sp³-hybridized carbons (Fsp3) is 0.524. The number of carbonyl (C=O) groups excluding carboxylic acids is 1. The van der Waals surface area contributed by atoms with Crippen LogP contribution in [-0.2, 0) is 5.54 Å². The van der Waals surface area contributed by atoms with Crippen LogP contribution in [0.5, 0.6) is 0 Å². The molecule has 2 heterocycles. The zero-order valence-electron chi connectivity index (χ0n) is 17.7. The third kappa shape index (κ3) is 4.41. The van der Waals surface area contributed by atoms with E-state index in [4.69, 9.17) is 0 Å². The Morgan fingerprint density at radius 1 is 1.28 bits per heavy atom. The summed E-state index contributed by atoms with van der Waals surface area (Å²) < 4.78 is 1.94. The second-order valence-electron chi connectivity index (χ2n) is 8.64. The van der Waals surface area contributed by atoms with Gasteiger partial charge in [-0.05, 0) is 59.6 Å². The summed E-state index contributed by atoms with van der Waals surface area (Å²) in [7, 11) is 0. The van der Waals surface area contributed by atoms with Crippen LogP contribution in [0.25, 0.3) is 0 Å². The van der Waals surface area contributed by atoms with E-state index in [1.807, 2.05) is 24.7 Å². The number of nitro benzene ring substituents is 1. The SMILES string of the molecule is Cc1nn(C(C)(C)C)cc1C(C)Nc1ccc([N+](=O)[O-])c(C(=O)N2CCCC2)c1. The van der Waals surface area contributed by atoms with Crippen LogP contribution in [0.15, 0.2) is 24.4 Å². The van der Waals surface area contributed by atoms with E-state index in [1.54, 1.807) is 17.0 Å². The first-order valence-corrected chi connectivity index (χ1v) is 9.99. The number of hydrogen-bond acceptors (Lipinski definition) is 5. The molecule has 1 aromatic carbocycles. The van der Waals surface area contributed by atoms with E-state index in [0.29, 0.717) is 18.8 Å². The first-order chi connectivity index (χ1) is 13.6. The summed E-state index contributed by atoms with van der Waals surface area (Å²) >= 11 is 0. The molecule has 1 aliphatic heterocycles. The summed E-state index contributed by atoms with van der Waals surface area (Å²) in [4.78, 5) is 25.5. The van der Waals surface area contributed by atoms with Gasteiger partial charge in [-0.15, -0.1) is 0 Å². The standard InChI is InChI=1S/C21H29N5O3/c1-14(18-13-25(21(3,4)5)23-15(18)2)22-16-8-9-19(26(28)29)17(12-16)20(27)24-10-6-7-11-24/h8-9,12-14,22H,6-7,10-11H2,1-5H3. The smallest absolute Gasteiger partial charge is 0.282 e. The van der Waals surface area contributed by atoms with E-state index in [2.05, 4.69) is 31.2 Å². The summed E-state index contributed by atoms with van der Waals surface area (Å²) in [6, 6.07) is 4.59.